The quantitative estimate of drug-likeness (QED) is 0.900. The van der Waals surface area contributed by atoms with Crippen molar-refractivity contribution in [1.82, 2.24) is 0 Å². The first-order valence-corrected chi connectivity index (χ1v) is 5.32. The predicted molar refractivity (Wildman–Crippen MR) is 61.1 cm³/mol. The molecule has 0 saturated heterocycles. The number of aliphatic hydroxyl groups is 1. The summed E-state index contributed by atoms with van der Waals surface area (Å²) in [5.41, 5.74) is 0.0124. The van der Waals surface area contributed by atoms with Crippen LogP contribution in [0.5, 0.6) is 0 Å². The van der Waals surface area contributed by atoms with Gasteiger partial charge in [0.15, 0.2) is 5.76 Å². The molecular weight excluding hydrogens is 263 g/mol. The molecule has 1 heterocycles. The number of carboxylic acids is 1. The molecule has 0 bridgehead atoms. The Kier molecular flexibility index (Phi) is 3.36. The Hall–Kier alpha value is -1.85. The molecule has 1 aromatic heterocycles. The summed E-state index contributed by atoms with van der Waals surface area (Å²) in [6.07, 6.45) is -0.210. The topological polar surface area (TPSA) is 70.7 Å². The van der Waals surface area contributed by atoms with E-state index in [1.165, 1.54) is 12.1 Å². The second kappa shape index (κ2) is 4.80. The van der Waals surface area contributed by atoms with Crippen molar-refractivity contribution in [2.45, 2.75) is 6.10 Å². The molecule has 0 saturated carbocycles. The molecule has 0 fully saturated rings. The number of carbonyl (C=O) groups is 1. The normalized spacial score (nSPS) is 12.4. The molecule has 0 spiro atoms. The minimum absolute atomic E-state index is 0.00441. The van der Waals surface area contributed by atoms with Crippen molar-refractivity contribution in [3.63, 3.8) is 0 Å². The molecule has 1 atom stereocenters. The van der Waals surface area contributed by atoms with Crippen LogP contribution in [0.15, 0.2) is 34.9 Å². The number of aliphatic hydroxyl groups excluding tert-OH is 1. The molecule has 0 aliphatic heterocycles. The van der Waals surface area contributed by atoms with Gasteiger partial charge in [-0.2, -0.15) is 0 Å². The number of rotatable bonds is 3. The van der Waals surface area contributed by atoms with Gasteiger partial charge in [0.2, 0.25) is 0 Å². The Morgan fingerprint density at radius 1 is 1.39 bits per heavy atom. The Bertz CT molecular complexity index is 594. The highest BCUT2D eigenvalue weighted by Gasteiger charge is 2.24. The van der Waals surface area contributed by atoms with Gasteiger partial charge >= 0.3 is 5.97 Å². The summed E-state index contributed by atoms with van der Waals surface area (Å²) in [5.74, 6) is -1.92. The van der Waals surface area contributed by atoms with Crippen molar-refractivity contribution >= 4 is 17.6 Å². The fraction of sp³-hybridized carbons (Fsp3) is 0.0833. The minimum Gasteiger partial charge on any atom is -0.478 e. The summed E-state index contributed by atoms with van der Waals surface area (Å²) < 4.78 is 17.8. The largest absolute Gasteiger partial charge is 0.478 e. The molecule has 18 heavy (non-hydrogen) atoms. The van der Waals surface area contributed by atoms with Crippen LogP contribution in [0.1, 0.15) is 27.8 Å². The third-order valence-electron chi connectivity index (χ3n) is 2.43. The van der Waals surface area contributed by atoms with E-state index in [0.29, 0.717) is 0 Å². The second-order valence-electron chi connectivity index (χ2n) is 3.57. The fourth-order valence-electron chi connectivity index (χ4n) is 1.57. The Morgan fingerprint density at radius 3 is 2.72 bits per heavy atom. The summed E-state index contributed by atoms with van der Waals surface area (Å²) in [6.45, 7) is 0. The highest BCUT2D eigenvalue weighted by Crippen LogP contribution is 2.31. The smallest absolute Gasteiger partial charge is 0.339 e. The van der Waals surface area contributed by atoms with Gasteiger partial charge in [-0.25, -0.2) is 9.18 Å². The van der Waals surface area contributed by atoms with Crippen molar-refractivity contribution in [2.75, 3.05) is 0 Å². The first-order chi connectivity index (χ1) is 8.50. The molecule has 1 unspecified atom stereocenters. The maximum Gasteiger partial charge on any atom is 0.339 e. The van der Waals surface area contributed by atoms with Crippen molar-refractivity contribution < 1.29 is 23.8 Å². The van der Waals surface area contributed by atoms with Gasteiger partial charge in [0.1, 0.15) is 17.5 Å². The van der Waals surface area contributed by atoms with E-state index in [9.17, 15) is 14.3 Å². The van der Waals surface area contributed by atoms with Gasteiger partial charge in [-0.1, -0.05) is 17.7 Å². The Labute approximate surface area is 106 Å². The maximum atomic E-state index is 12.9. The summed E-state index contributed by atoms with van der Waals surface area (Å²) in [6, 6.07) is 4.64. The zero-order chi connectivity index (χ0) is 13.3. The van der Waals surface area contributed by atoms with E-state index in [-0.39, 0.29) is 21.9 Å². The monoisotopic (exact) mass is 270 g/mol. The van der Waals surface area contributed by atoms with Crippen molar-refractivity contribution in [3.05, 3.63) is 58.3 Å². The van der Waals surface area contributed by atoms with Crippen LogP contribution in [0.2, 0.25) is 5.02 Å². The first-order valence-electron chi connectivity index (χ1n) is 4.94. The molecule has 0 aliphatic rings. The Balaban J connectivity index is 2.44. The lowest BCUT2D eigenvalue weighted by Gasteiger charge is -2.11. The predicted octanol–water partition coefficient (Wildman–Crippen LogP) is 2.85. The lowest BCUT2D eigenvalue weighted by Crippen LogP contribution is -2.06. The average molecular weight is 271 g/mol. The van der Waals surface area contributed by atoms with Crippen LogP contribution < -0.4 is 0 Å². The van der Waals surface area contributed by atoms with Crippen LogP contribution in [0.25, 0.3) is 0 Å². The van der Waals surface area contributed by atoms with Crippen molar-refractivity contribution in [3.8, 4) is 0 Å². The maximum absolute atomic E-state index is 12.9. The van der Waals surface area contributed by atoms with Gasteiger partial charge in [-0.05, 0) is 18.2 Å². The van der Waals surface area contributed by atoms with E-state index >= 15 is 0 Å². The van der Waals surface area contributed by atoms with E-state index < -0.39 is 17.9 Å². The van der Waals surface area contributed by atoms with Crippen LogP contribution in [0.4, 0.5) is 4.39 Å². The van der Waals surface area contributed by atoms with E-state index in [1.54, 1.807) is 0 Å². The lowest BCUT2D eigenvalue weighted by molar-refractivity contribution is 0.0687. The standard InChI is InChI=1S/C12H8ClFO4/c13-9-5-6(14)1-2-7(9)10(15)11-8(12(16)17)3-4-18-11/h1-5,10,15H,(H,16,17). The first kappa shape index (κ1) is 12.6. The number of carboxylic acid groups (broad SMARTS) is 1. The number of benzene rings is 1. The summed E-state index contributed by atoms with van der Waals surface area (Å²) in [4.78, 5) is 10.9. The number of furan rings is 1. The van der Waals surface area contributed by atoms with Gasteiger partial charge in [-0.15, -0.1) is 0 Å². The van der Waals surface area contributed by atoms with Gasteiger partial charge in [0, 0.05) is 10.6 Å². The molecule has 2 aromatic rings. The van der Waals surface area contributed by atoms with Crippen LogP contribution >= 0.6 is 11.6 Å². The van der Waals surface area contributed by atoms with Gasteiger partial charge in [-0.3, -0.25) is 0 Å². The molecule has 94 valence electrons. The van der Waals surface area contributed by atoms with Crippen LogP contribution in [-0.4, -0.2) is 16.2 Å². The molecule has 0 aliphatic carbocycles. The highest BCUT2D eigenvalue weighted by molar-refractivity contribution is 6.31. The van der Waals surface area contributed by atoms with E-state index in [2.05, 4.69) is 0 Å². The van der Waals surface area contributed by atoms with Crippen molar-refractivity contribution in [1.29, 1.82) is 0 Å². The average Bonchev–Trinajstić information content (AvgIpc) is 2.77. The lowest BCUT2D eigenvalue weighted by atomic mass is 10.0. The van der Waals surface area contributed by atoms with Gasteiger partial charge < -0.3 is 14.6 Å². The molecule has 0 amide bonds. The zero-order valence-corrected chi connectivity index (χ0v) is 9.69. The number of hydrogen-bond acceptors (Lipinski definition) is 3. The summed E-state index contributed by atoms with van der Waals surface area (Å²) >= 11 is 5.78. The molecule has 6 heteroatoms. The van der Waals surface area contributed by atoms with Crippen LogP contribution in [0.3, 0.4) is 0 Å². The van der Waals surface area contributed by atoms with Crippen LogP contribution in [0, 0.1) is 5.82 Å². The van der Waals surface area contributed by atoms with E-state index in [0.717, 1.165) is 18.4 Å². The molecule has 1 aromatic carbocycles. The summed E-state index contributed by atoms with van der Waals surface area (Å²) in [5, 5.41) is 18.9. The molecular formula is C12H8ClFO4. The molecule has 0 radical (unpaired) electrons. The third kappa shape index (κ3) is 2.23. The SMILES string of the molecule is O=C(O)c1ccoc1C(O)c1ccc(F)cc1Cl. The van der Waals surface area contributed by atoms with Gasteiger partial charge in [0.05, 0.1) is 6.26 Å². The number of halogens is 2. The van der Waals surface area contributed by atoms with E-state index in [4.69, 9.17) is 21.1 Å². The van der Waals surface area contributed by atoms with Crippen LogP contribution in [-0.2, 0) is 0 Å². The van der Waals surface area contributed by atoms with Crippen molar-refractivity contribution in [2.24, 2.45) is 0 Å². The zero-order valence-electron chi connectivity index (χ0n) is 8.93. The number of hydrogen-bond donors (Lipinski definition) is 2. The highest BCUT2D eigenvalue weighted by atomic mass is 35.5. The number of aromatic carboxylic acids is 1. The molecule has 2 rings (SSSR count). The summed E-state index contributed by atoms with van der Waals surface area (Å²) in [7, 11) is 0. The minimum atomic E-state index is -1.36. The second-order valence-corrected chi connectivity index (χ2v) is 3.98. The molecule has 4 nitrogen and oxygen atoms in total. The molecule has 2 N–H and O–H groups in total. The Morgan fingerprint density at radius 2 is 2.11 bits per heavy atom. The van der Waals surface area contributed by atoms with Gasteiger partial charge in [0.25, 0.3) is 0 Å². The third-order valence-corrected chi connectivity index (χ3v) is 2.76. The fourth-order valence-corrected chi connectivity index (χ4v) is 1.84. The van der Waals surface area contributed by atoms with E-state index in [1.807, 2.05) is 0 Å².